The molecular weight excluding hydrogens is 501 g/mol. The summed E-state index contributed by atoms with van der Waals surface area (Å²) in [6.07, 6.45) is 1.14. The lowest BCUT2D eigenvalue weighted by atomic mass is 10.1. The maximum atomic E-state index is 12.9. The van der Waals surface area contributed by atoms with Gasteiger partial charge in [0.05, 0.1) is 11.9 Å². The van der Waals surface area contributed by atoms with E-state index in [1.54, 1.807) is 17.0 Å². The number of benzene rings is 2. The highest BCUT2D eigenvalue weighted by atomic mass is 127. The van der Waals surface area contributed by atoms with Crippen molar-refractivity contribution >= 4 is 49.9 Å². The van der Waals surface area contributed by atoms with E-state index >= 15 is 0 Å². The highest BCUT2D eigenvalue weighted by Gasteiger charge is 2.27. The minimum absolute atomic E-state index is 0.172. The summed E-state index contributed by atoms with van der Waals surface area (Å²) in [5.74, 6) is -0.172. The Kier molecular flexibility index (Phi) is 6.72. The van der Waals surface area contributed by atoms with E-state index in [0.29, 0.717) is 18.8 Å². The fourth-order valence-corrected chi connectivity index (χ4v) is 4.71. The van der Waals surface area contributed by atoms with Crippen LogP contribution in [-0.2, 0) is 14.8 Å². The van der Waals surface area contributed by atoms with Crippen LogP contribution in [0.4, 0.5) is 11.4 Å². The zero-order valence-electron chi connectivity index (χ0n) is 16.9. The molecule has 0 radical (unpaired) electrons. The molecule has 0 unspecified atom stereocenters. The van der Waals surface area contributed by atoms with Gasteiger partial charge in [-0.3, -0.25) is 9.10 Å². The van der Waals surface area contributed by atoms with Gasteiger partial charge < -0.3 is 9.80 Å². The molecule has 0 aromatic heterocycles. The van der Waals surface area contributed by atoms with E-state index < -0.39 is 10.0 Å². The van der Waals surface area contributed by atoms with Gasteiger partial charge in [0.2, 0.25) is 15.9 Å². The molecule has 1 saturated heterocycles. The minimum atomic E-state index is -3.56. The van der Waals surface area contributed by atoms with E-state index in [0.717, 1.165) is 22.9 Å². The maximum absolute atomic E-state index is 12.9. The van der Waals surface area contributed by atoms with Crippen molar-refractivity contribution in [3.8, 4) is 0 Å². The van der Waals surface area contributed by atoms with Gasteiger partial charge in [-0.05, 0) is 77.9 Å². The van der Waals surface area contributed by atoms with Crippen molar-refractivity contribution in [2.24, 2.45) is 0 Å². The third kappa shape index (κ3) is 5.22. The van der Waals surface area contributed by atoms with Crippen molar-refractivity contribution in [3.63, 3.8) is 0 Å². The van der Waals surface area contributed by atoms with E-state index in [2.05, 4.69) is 59.5 Å². The molecule has 2 aromatic rings. The minimum Gasteiger partial charge on any atom is -0.368 e. The van der Waals surface area contributed by atoms with Crippen LogP contribution in [0.15, 0.2) is 42.5 Å². The van der Waals surface area contributed by atoms with Gasteiger partial charge in [-0.2, -0.15) is 0 Å². The van der Waals surface area contributed by atoms with Crippen LogP contribution in [0.5, 0.6) is 0 Å². The van der Waals surface area contributed by atoms with Crippen LogP contribution in [0.3, 0.4) is 0 Å². The number of nitrogens with zero attached hydrogens (tertiary/aromatic N) is 3. The first kappa shape index (κ1) is 21.9. The summed E-state index contributed by atoms with van der Waals surface area (Å²) in [5.41, 5.74) is 4.22. The van der Waals surface area contributed by atoms with Gasteiger partial charge in [-0.25, -0.2) is 8.42 Å². The van der Waals surface area contributed by atoms with Gasteiger partial charge in [0.25, 0.3) is 0 Å². The molecule has 156 valence electrons. The average molecular weight is 527 g/mol. The summed E-state index contributed by atoms with van der Waals surface area (Å²) in [6, 6.07) is 13.4. The molecule has 8 heteroatoms. The van der Waals surface area contributed by atoms with E-state index in [1.807, 2.05) is 12.1 Å². The molecule has 1 amide bonds. The molecule has 0 atom stereocenters. The average Bonchev–Trinajstić information content (AvgIpc) is 2.68. The monoisotopic (exact) mass is 527 g/mol. The number of aryl methyl sites for hydroxylation is 1. The lowest BCUT2D eigenvalue weighted by Gasteiger charge is -2.37. The highest BCUT2D eigenvalue weighted by molar-refractivity contribution is 14.1. The Morgan fingerprint density at radius 3 is 2.24 bits per heavy atom. The first-order valence-corrected chi connectivity index (χ1v) is 12.4. The van der Waals surface area contributed by atoms with Gasteiger partial charge in [0, 0.05) is 35.4 Å². The van der Waals surface area contributed by atoms with Crippen LogP contribution >= 0.6 is 22.6 Å². The Morgan fingerprint density at radius 1 is 1.03 bits per heavy atom. The van der Waals surface area contributed by atoms with Crippen molar-refractivity contribution in [2.75, 3.05) is 48.2 Å². The number of halogens is 1. The summed E-state index contributed by atoms with van der Waals surface area (Å²) >= 11 is 2.16. The molecule has 6 nitrogen and oxygen atoms in total. The quantitative estimate of drug-likeness (QED) is 0.562. The number of hydrogen-bond donors (Lipinski definition) is 0. The summed E-state index contributed by atoms with van der Waals surface area (Å²) in [6.45, 7) is 6.67. The molecule has 0 aliphatic carbocycles. The predicted molar refractivity (Wildman–Crippen MR) is 126 cm³/mol. The lowest BCUT2D eigenvalue weighted by molar-refractivity contribution is -0.129. The van der Waals surface area contributed by atoms with Crippen molar-refractivity contribution in [2.45, 2.75) is 13.8 Å². The van der Waals surface area contributed by atoms with Crippen molar-refractivity contribution in [1.82, 2.24) is 4.90 Å². The molecule has 1 heterocycles. The first-order chi connectivity index (χ1) is 13.7. The fourth-order valence-electron chi connectivity index (χ4n) is 3.51. The maximum Gasteiger partial charge on any atom is 0.243 e. The Labute approximate surface area is 186 Å². The number of hydrogen-bond acceptors (Lipinski definition) is 4. The Bertz CT molecular complexity index is 985. The van der Waals surface area contributed by atoms with Gasteiger partial charge in [0.1, 0.15) is 6.54 Å². The highest BCUT2D eigenvalue weighted by Crippen LogP contribution is 2.24. The number of rotatable bonds is 5. The largest absolute Gasteiger partial charge is 0.368 e. The number of anilines is 2. The molecule has 1 aliphatic heterocycles. The molecule has 0 saturated carbocycles. The third-order valence-electron chi connectivity index (χ3n) is 5.34. The molecule has 29 heavy (non-hydrogen) atoms. The summed E-state index contributed by atoms with van der Waals surface area (Å²) < 4.78 is 26.8. The molecule has 0 N–H and O–H groups in total. The number of piperazine rings is 1. The third-order valence-corrected chi connectivity index (χ3v) is 7.20. The normalized spacial score (nSPS) is 14.8. The predicted octanol–water partition coefficient (Wildman–Crippen LogP) is 3.02. The van der Waals surface area contributed by atoms with Gasteiger partial charge in [0.15, 0.2) is 0 Å². The van der Waals surface area contributed by atoms with Crippen LogP contribution in [0.25, 0.3) is 0 Å². The second-order valence-corrected chi connectivity index (χ2v) is 10.5. The standard InChI is InChI=1S/C21H26IN3O3S/c1-16-5-4-6-20(17(16)2)23-11-13-24(14-12-23)21(26)15-25(29(3,27)28)19-9-7-18(22)8-10-19/h4-10H,11-15H2,1-3H3. The Hall–Kier alpha value is -1.81. The van der Waals surface area contributed by atoms with E-state index in [9.17, 15) is 13.2 Å². The zero-order valence-corrected chi connectivity index (χ0v) is 19.9. The lowest BCUT2D eigenvalue weighted by Crippen LogP contribution is -2.52. The van der Waals surface area contributed by atoms with E-state index in [1.165, 1.54) is 21.1 Å². The molecular formula is C21H26IN3O3S. The number of sulfonamides is 1. The first-order valence-electron chi connectivity index (χ1n) is 9.49. The van der Waals surface area contributed by atoms with Crippen LogP contribution in [0.2, 0.25) is 0 Å². The molecule has 0 spiro atoms. The number of carbonyl (C=O) groups is 1. The molecule has 1 fully saturated rings. The van der Waals surface area contributed by atoms with Crippen molar-refractivity contribution < 1.29 is 13.2 Å². The van der Waals surface area contributed by atoms with Crippen LogP contribution in [0.1, 0.15) is 11.1 Å². The molecule has 0 bridgehead atoms. The molecule has 1 aliphatic rings. The Balaban J connectivity index is 1.68. The van der Waals surface area contributed by atoms with Crippen molar-refractivity contribution in [1.29, 1.82) is 0 Å². The summed E-state index contributed by atoms with van der Waals surface area (Å²) in [4.78, 5) is 16.9. The van der Waals surface area contributed by atoms with Crippen LogP contribution in [0, 0.1) is 17.4 Å². The second-order valence-electron chi connectivity index (χ2n) is 7.33. The molecule has 2 aromatic carbocycles. The second kappa shape index (κ2) is 8.91. The van der Waals surface area contributed by atoms with Crippen LogP contribution in [-0.4, -0.2) is 58.2 Å². The number of amides is 1. The fraction of sp³-hybridized carbons (Fsp3) is 0.381. The smallest absolute Gasteiger partial charge is 0.243 e. The SMILES string of the molecule is Cc1cccc(N2CCN(C(=O)CN(c3ccc(I)cc3)S(C)(=O)=O)CC2)c1C. The summed E-state index contributed by atoms with van der Waals surface area (Å²) in [5, 5.41) is 0. The van der Waals surface area contributed by atoms with Gasteiger partial charge >= 0.3 is 0 Å². The Morgan fingerprint density at radius 2 is 1.66 bits per heavy atom. The van der Waals surface area contributed by atoms with Gasteiger partial charge in [-0.1, -0.05) is 12.1 Å². The number of carbonyl (C=O) groups excluding carboxylic acids is 1. The summed E-state index contributed by atoms with van der Waals surface area (Å²) in [7, 11) is -3.56. The van der Waals surface area contributed by atoms with E-state index in [-0.39, 0.29) is 12.5 Å². The zero-order chi connectivity index (χ0) is 21.2. The molecule has 3 rings (SSSR count). The van der Waals surface area contributed by atoms with E-state index in [4.69, 9.17) is 0 Å². The van der Waals surface area contributed by atoms with Gasteiger partial charge in [-0.15, -0.1) is 0 Å². The topological polar surface area (TPSA) is 60.9 Å². The van der Waals surface area contributed by atoms with Crippen LogP contribution < -0.4 is 9.21 Å². The van der Waals surface area contributed by atoms with Crippen molar-refractivity contribution in [3.05, 3.63) is 57.2 Å².